The smallest absolute Gasteiger partial charge is 0.134 e. The first kappa shape index (κ1) is 11.9. The molecule has 1 N–H and O–H groups in total. The van der Waals surface area contributed by atoms with Gasteiger partial charge in [0.2, 0.25) is 0 Å². The second-order valence-electron chi connectivity index (χ2n) is 4.76. The first-order chi connectivity index (χ1) is 8.75. The molecule has 0 radical (unpaired) electrons. The molecule has 0 amide bonds. The van der Waals surface area contributed by atoms with E-state index in [4.69, 9.17) is 11.6 Å². The van der Waals surface area contributed by atoms with E-state index in [0.717, 1.165) is 36.1 Å². The molecule has 1 atom stereocenters. The predicted octanol–water partition coefficient (Wildman–Crippen LogP) is 2.46. The van der Waals surface area contributed by atoms with Crippen molar-refractivity contribution in [1.82, 2.24) is 15.2 Å². The van der Waals surface area contributed by atoms with Gasteiger partial charge in [-0.2, -0.15) is 0 Å². The van der Waals surface area contributed by atoms with Crippen molar-refractivity contribution in [2.24, 2.45) is 0 Å². The minimum atomic E-state index is 0.309. The van der Waals surface area contributed by atoms with E-state index in [2.05, 4.69) is 34.4 Å². The molecule has 94 valence electrons. The maximum Gasteiger partial charge on any atom is 0.134 e. The maximum atomic E-state index is 6.34. The van der Waals surface area contributed by atoms with Crippen LogP contribution in [-0.4, -0.2) is 36.6 Å². The molecule has 2 heterocycles. The fourth-order valence-electron chi connectivity index (χ4n) is 2.50. The van der Waals surface area contributed by atoms with Gasteiger partial charge in [-0.25, -0.2) is 4.98 Å². The van der Waals surface area contributed by atoms with Crippen molar-refractivity contribution in [2.75, 3.05) is 26.7 Å². The van der Waals surface area contributed by atoms with Crippen LogP contribution in [0.3, 0.4) is 0 Å². The Morgan fingerprint density at radius 1 is 1.39 bits per heavy atom. The van der Waals surface area contributed by atoms with Crippen molar-refractivity contribution in [3.8, 4) is 0 Å². The summed E-state index contributed by atoms with van der Waals surface area (Å²) < 4.78 is 0. The molecule has 3 rings (SSSR count). The molecule has 0 aliphatic carbocycles. The lowest BCUT2D eigenvalue weighted by Gasteiger charge is -2.33. The second kappa shape index (κ2) is 4.84. The molecular weight excluding hydrogens is 246 g/mol. The first-order valence-corrected chi connectivity index (χ1v) is 6.59. The number of piperazine rings is 1. The molecule has 1 aromatic heterocycles. The number of pyridine rings is 1. The number of fused-ring (bicyclic) bond motifs is 1. The van der Waals surface area contributed by atoms with Crippen LogP contribution in [-0.2, 0) is 0 Å². The zero-order chi connectivity index (χ0) is 12.5. The van der Waals surface area contributed by atoms with E-state index in [1.54, 1.807) is 0 Å². The quantitative estimate of drug-likeness (QED) is 0.800. The molecule has 1 aliphatic rings. The number of aromatic nitrogens is 1. The van der Waals surface area contributed by atoms with Gasteiger partial charge in [0.25, 0.3) is 0 Å². The molecule has 3 nitrogen and oxygen atoms in total. The van der Waals surface area contributed by atoms with Crippen LogP contribution < -0.4 is 5.32 Å². The summed E-state index contributed by atoms with van der Waals surface area (Å²) in [5.41, 5.74) is 2.07. The molecule has 1 aromatic carbocycles. The number of hydrogen-bond acceptors (Lipinski definition) is 3. The van der Waals surface area contributed by atoms with Crippen molar-refractivity contribution in [2.45, 2.75) is 6.04 Å². The zero-order valence-corrected chi connectivity index (χ0v) is 11.1. The Balaban J connectivity index is 2.07. The fraction of sp³-hybridized carbons (Fsp3) is 0.357. The van der Waals surface area contributed by atoms with Crippen molar-refractivity contribution in [3.05, 3.63) is 41.0 Å². The van der Waals surface area contributed by atoms with E-state index < -0.39 is 0 Å². The molecule has 0 saturated carbocycles. The summed E-state index contributed by atoms with van der Waals surface area (Å²) in [7, 11) is 2.14. The Hall–Kier alpha value is -1.16. The van der Waals surface area contributed by atoms with E-state index in [1.807, 2.05) is 18.2 Å². The van der Waals surface area contributed by atoms with Gasteiger partial charge in [-0.1, -0.05) is 29.8 Å². The number of nitrogens with zero attached hydrogens (tertiary/aromatic N) is 2. The van der Waals surface area contributed by atoms with Gasteiger partial charge in [-0.05, 0) is 19.2 Å². The summed E-state index contributed by atoms with van der Waals surface area (Å²) in [4.78, 5) is 6.82. The molecule has 2 aromatic rings. The molecule has 0 spiro atoms. The molecule has 1 saturated heterocycles. The molecule has 18 heavy (non-hydrogen) atoms. The van der Waals surface area contributed by atoms with Crippen LogP contribution in [0.4, 0.5) is 0 Å². The Morgan fingerprint density at radius 3 is 3.06 bits per heavy atom. The Labute approximate surface area is 112 Å². The zero-order valence-electron chi connectivity index (χ0n) is 10.4. The van der Waals surface area contributed by atoms with E-state index in [-0.39, 0.29) is 0 Å². The fourth-order valence-corrected chi connectivity index (χ4v) is 2.77. The average molecular weight is 262 g/mol. The van der Waals surface area contributed by atoms with Crippen LogP contribution in [0.25, 0.3) is 10.9 Å². The summed E-state index contributed by atoms with van der Waals surface area (Å²) >= 11 is 6.34. The molecule has 1 unspecified atom stereocenters. The highest BCUT2D eigenvalue weighted by molar-refractivity contribution is 6.30. The van der Waals surface area contributed by atoms with Crippen LogP contribution in [0.15, 0.2) is 30.3 Å². The lowest BCUT2D eigenvalue weighted by atomic mass is 10.0. The third-order valence-corrected chi connectivity index (χ3v) is 3.88. The van der Waals surface area contributed by atoms with Gasteiger partial charge in [0.15, 0.2) is 0 Å². The molecule has 4 heteroatoms. The molecule has 1 fully saturated rings. The van der Waals surface area contributed by atoms with Crippen LogP contribution in [0.2, 0.25) is 5.15 Å². The lowest BCUT2D eigenvalue weighted by Crippen LogP contribution is -2.43. The molecular formula is C14H16ClN3. The average Bonchev–Trinajstić information content (AvgIpc) is 2.39. The largest absolute Gasteiger partial charge is 0.314 e. The van der Waals surface area contributed by atoms with Crippen molar-refractivity contribution >= 4 is 22.5 Å². The van der Waals surface area contributed by atoms with Gasteiger partial charge in [0.05, 0.1) is 11.6 Å². The maximum absolute atomic E-state index is 6.34. The Morgan fingerprint density at radius 2 is 2.22 bits per heavy atom. The third kappa shape index (κ3) is 2.09. The SMILES string of the molecule is CN1CCNCC1c1cc2ccccc2nc1Cl. The van der Waals surface area contributed by atoms with Crippen LogP contribution in [0, 0.1) is 0 Å². The normalized spacial score (nSPS) is 21.3. The van der Waals surface area contributed by atoms with E-state index in [9.17, 15) is 0 Å². The topological polar surface area (TPSA) is 28.2 Å². The monoisotopic (exact) mass is 261 g/mol. The third-order valence-electron chi connectivity index (χ3n) is 3.57. The minimum absolute atomic E-state index is 0.309. The second-order valence-corrected chi connectivity index (χ2v) is 5.12. The number of hydrogen-bond donors (Lipinski definition) is 1. The number of benzene rings is 1. The first-order valence-electron chi connectivity index (χ1n) is 6.22. The molecule has 0 bridgehead atoms. The lowest BCUT2D eigenvalue weighted by molar-refractivity contribution is 0.202. The van der Waals surface area contributed by atoms with Crippen LogP contribution in [0.5, 0.6) is 0 Å². The Kier molecular flexibility index (Phi) is 3.20. The molecule has 1 aliphatic heterocycles. The van der Waals surface area contributed by atoms with E-state index >= 15 is 0 Å². The van der Waals surface area contributed by atoms with Gasteiger partial charge in [0, 0.05) is 30.6 Å². The van der Waals surface area contributed by atoms with Crippen molar-refractivity contribution in [1.29, 1.82) is 0 Å². The Bertz CT molecular complexity index is 570. The van der Waals surface area contributed by atoms with Gasteiger partial charge in [-0.15, -0.1) is 0 Å². The predicted molar refractivity (Wildman–Crippen MR) is 75.0 cm³/mol. The van der Waals surface area contributed by atoms with Crippen molar-refractivity contribution < 1.29 is 0 Å². The number of likely N-dealkylation sites (N-methyl/N-ethyl adjacent to an activating group) is 1. The summed E-state index contributed by atoms with van der Waals surface area (Å²) in [6.07, 6.45) is 0. The number of nitrogens with one attached hydrogen (secondary N) is 1. The van der Waals surface area contributed by atoms with E-state index in [0.29, 0.717) is 11.2 Å². The summed E-state index contributed by atoms with van der Waals surface area (Å²) in [6, 6.07) is 10.6. The van der Waals surface area contributed by atoms with Gasteiger partial charge in [0.1, 0.15) is 5.15 Å². The number of para-hydroxylation sites is 1. The minimum Gasteiger partial charge on any atom is -0.314 e. The summed E-state index contributed by atoms with van der Waals surface area (Å²) in [6.45, 7) is 3.00. The highest BCUT2D eigenvalue weighted by Gasteiger charge is 2.23. The van der Waals surface area contributed by atoms with Crippen molar-refractivity contribution in [3.63, 3.8) is 0 Å². The van der Waals surface area contributed by atoms with E-state index in [1.165, 1.54) is 0 Å². The standard InChI is InChI=1S/C14H16ClN3/c1-18-7-6-16-9-13(18)11-8-10-4-2-3-5-12(10)17-14(11)15/h2-5,8,13,16H,6-7,9H2,1H3. The summed E-state index contributed by atoms with van der Waals surface area (Å²) in [5, 5.41) is 5.18. The van der Waals surface area contributed by atoms with Crippen LogP contribution in [0.1, 0.15) is 11.6 Å². The van der Waals surface area contributed by atoms with Crippen LogP contribution >= 0.6 is 11.6 Å². The van der Waals surface area contributed by atoms with Gasteiger partial charge >= 0.3 is 0 Å². The van der Waals surface area contributed by atoms with Gasteiger partial charge in [-0.3, -0.25) is 4.90 Å². The number of halogens is 1. The number of rotatable bonds is 1. The highest BCUT2D eigenvalue weighted by Crippen LogP contribution is 2.29. The summed E-state index contributed by atoms with van der Waals surface area (Å²) in [5.74, 6) is 0. The van der Waals surface area contributed by atoms with Gasteiger partial charge < -0.3 is 5.32 Å². The highest BCUT2D eigenvalue weighted by atomic mass is 35.5.